The third-order valence-electron chi connectivity index (χ3n) is 3.35. The molecule has 0 saturated carbocycles. The number of ether oxygens (including phenoxy) is 1. The summed E-state index contributed by atoms with van der Waals surface area (Å²) >= 11 is 0. The summed E-state index contributed by atoms with van der Waals surface area (Å²) in [4.78, 5) is 11.9. The first-order valence-electron chi connectivity index (χ1n) is 6.96. The van der Waals surface area contributed by atoms with Gasteiger partial charge in [-0.3, -0.25) is 0 Å². The fourth-order valence-corrected chi connectivity index (χ4v) is 3.40. The standard InChI is InChI=1S/C14H21BO4Si/c1-20(2,3)8-4-7-18-14(16)11-5-6-12-10-19-15(17)13(12)9-11/h5-6,9,17H,4,7-8,10H2,1-3H3. The van der Waals surface area contributed by atoms with Gasteiger partial charge in [0.25, 0.3) is 0 Å². The Morgan fingerprint density at radius 2 is 2.20 bits per heavy atom. The van der Waals surface area contributed by atoms with Crippen LogP contribution < -0.4 is 5.46 Å². The molecule has 0 spiro atoms. The van der Waals surface area contributed by atoms with Crippen LogP contribution in [0.4, 0.5) is 0 Å². The van der Waals surface area contributed by atoms with E-state index in [1.807, 2.05) is 6.07 Å². The molecular formula is C14H21BO4Si. The molecule has 0 amide bonds. The highest BCUT2D eigenvalue weighted by atomic mass is 28.3. The monoisotopic (exact) mass is 292 g/mol. The molecule has 1 N–H and O–H groups in total. The predicted molar refractivity (Wildman–Crippen MR) is 81.9 cm³/mol. The van der Waals surface area contributed by atoms with Gasteiger partial charge in [0, 0.05) is 8.07 Å². The average Bonchev–Trinajstić information content (AvgIpc) is 2.75. The topological polar surface area (TPSA) is 55.8 Å². The molecule has 0 radical (unpaired) electrons. The molecular weight excluding hydrogens is 271 g/mol. The van der Waals surface area contributed by atoms with Crippen molar-refractivity contribution < 1.29 is 19.2 Å². The van der Waals surface area contributed by atoms with E-state index in [1.165, 1.54) is 0 Å². The molecule has 6 heteroatoms. The number of rotatable bonds is 5. The first kappa shape index (κ1) is 15.3. The highest BCUT2D eigenvalue weighted by Crippen LogP contribution is 2.13. The molecule has 0 saturated heterocycles. The number of carbonyl (C=O) groups excluding carboxylic acids is 1. The summed E-state index contributed by atoms with van der Waals surface area (Å²) in [5.74, 6) is -0.331. The number of hydrogen-bond donors (Lipinski definition) is 1. The lowest BCUT2D eigenvalue weighted by atomic mass is 9.79. The van der Waals surface area contributed by atoms with Crippen molar-refractivity contribution in [3.63, 3.8) is 0 Å². The Morgan fingerprint density at radius 1 is 1.45 bits per heavy atom. The second kappa shape index (κ2) is 6.12. The van der Waals surface area contributed by atoms with Gasteiger partial charge < -0.3 is 14.4 Å². The largest absolute Gasteiger partial charge is 0.491 e. The van der Waals surface area contributed by atoms with Crippen molar-refractivity contribution in [2.24, 2.45) is 0 Å². The van der Waals surface area contributed by atoms with Gasteiger partial charge in [0.1, 0.15) is 0 Å². The van der Waals surface area contributed by atoms with E-state index in [2.05, 4.69) is 19.6 Å². The molecule has 0 aliphatic carbocycles. The van der Waals surface area contributed by atoms with Crippen LogP contribution in [0.1, 0.15) is 22.3 Å². The van der Waals surface area contributed by atoms with Gasteiger partial charge in [0.15, 0.2) is 0 Å². The number of esters is 1. The molecule has 1 aliphatic rings. The third-order valence-corrected chi connectivity index (χ3v) is 5.20. The zero-order chi connectivity index (χ0) is 14.8. The van der Waals surface area contributed by atoms with Crippen molar-refractivity contribution in [1.82, 2.24) is 0 Å². The van der Waals surface area contributed by atoms with Gasteiger partial charge in [-0.1, -0.05) is 31.8 Å². The number of benzene rings is 1. The number of fused-ring (bicyclic) bond motifs is 1. The van der Waals surface area contributed by atoms with Gasteiger partial charge >= 0.3 is 13.1 Å². The quantitative estimate of drug-likeness (QED) is 0.511. The van der Waals surface area contributed by atoms with Gasteiger partial charge in [-0.2, -0.15) is 0 Å². The lowest BCUT2D eigenvalue weighted by Crippen LogP contribution is -2.29. The van der Waals surface area contributed by atoms with Crippen LogP contribution in [0.25, 0.3) is 0 Å². The molecule has 0 atom stereocenters. The smallest absolute Gasteiger partial charge is 0.462 e. The van der Waals surface area contributed by atoms with E-state index < -0.39 is 15.2 Å². The maximum absolute atomic E-state index is 11.9. The average molecular weight is 292 g/mol. The van der Waals surface area contributed by atoms with Crippen molar-refractivity contribution in [1.29, 1.82) is 0 Å². The Hall–Kier alpha value is -1.11. The second-order valence-corrected chi connectivity index (χ2v) is 12.0. The highest BCUT2D eigenvalue weighted by Gasteiger charge is 2.28. The second-order valence-electron chi connectivity index (χ2n) is 6.38. The van der Waals surface area contributed by atoms with Gasteiger partial charge in [-0.25, -0.2) is 4.79 Å². The van der Waals surface area contributed by atoms with Gasteiger partial charge in [0.05, 0.1) is 18.8 Å². The minimum absolute atomic E-state index is 0.331. The van der Waals surface area contributed by atoms with Crippen molar-refractivity contribution in [2.75, 3.05) is 6.61 Å². The molecule has 1 aliphatic heterocycles. The molecule has 0 unspecified atom stereocenters. The normalized spacial score (nSPS) is 14.3. The van der Waals surface area contributed by atoms with Gasteiger partial charge in [-0.15, -0.1) is 0 Å². The summed E-state index contributed by atoms with van der Waals surface area (Å²) in [6.45, 7) is 7.76. The van der Waals surface area contributed by atoms with Crippen molar-refractivity contribution in [3.8, 4) is 0 Å². The van der Waals surface area contributed by atoms with Crippen LogP contribution in [-0.2, 0) is 16.0 Å². The Kier molecular flexibility index (Phi) is 4.67. The summed E-state index contributed by atoms with van der Waals surface area (Å²) in [7, 11) is -2.00. The predicted octanol–water partition coefficient (Wildman–Crippen LogP) is 1.79. The molecule has 20 heavy (non-hydrogen) atoms. The van der Waals surface area contributed by atoms with Crippen LogP contribution in [0, 0.1) is 0 Å². The molecule has 0 bridgehead atoms. The van der Waals surface area contributed by atoms with E-state index in [-0.39, 0.29) is 5.97 Å². The Bertz CT molecular complexity index is 498. The highest BCUT2D eigenvalue weighted by molar-refractivity contribution is 6.76. The zero-order valence-corrected chi connectivity index (χ0v) is 13.3. The Morgan fingerprint density at radius 3 is 2.90 bits per heavy atom. The van der Waals surface area contributed by atoms with Crippen LogP contribution in [0.3, 0.4) is 0 Å². The minimum atomic E-state index is -1.07. The number of carbonyl (C=O) groups is 1. The van der Waals surface area contributed by atoms with Gasteiger partial charge in [-0.05, 0) is 29.6 Å². The summed E-state index contributed by atoms with van der Waals surface area (Å²) in [6, 6.07) is 6.34. The fourth-order valence-electron chi connectivity index (χ4n) is 2.19. The molecule has 108 valence electrons. The van der Waals surface area contributed by atoms with Crippen LogP contribution >= 0.6 is 0 Å². The van der Waals surface area contributed by atoms with E-state index in [4.69, 9.17) is 9.39 Å². The zero-order valence-electron chi connectivity index (χ0n) is 12.3. The molecule has 4 nitrogen and oxygen atoms in total. The lowest BCUT2D eigenvalue weighted by molar-refractivity contribution is 0.0505. The summed E-state index contributed by atoms with van der Waals surface area (Å²) in [5, 5.41) is 9.62. The van der Waals surface area contributed by atoms with Crippen LogP contribution in [0.2, 0.25) is 25.7 Å². The maximum atomic E-state index is 11.9. The summed E-state index contributed by atoms with van der Waals surface area (Å²) < 4.78 is 10.4. The van der Waals surface area contributed by atoms with Crippen molar-refractivity contribution >= 4 is 26.6 Å². The molecule has 0 aromatic heterocycles. The SMILES string of the molecule is C[Si](C)(C)CCCOC(=O)c1ccc2c(c1)B(O)OC2. The van der Waals surface area contributed by atoms with E-state index in [1.54, 1.807) is 12.1 Å². The minimum Gasteiger partial charge on any atom is -0.462 e. The molecule has 2 rings (SSSR count). The fraction of sp³-hybridized carbons (Fsp3) is 0.500. The van der Waals surface area contributed by atoms with Crippen molar-refractivity contribution in [2.45, 2.75) is 38.7 Å². The van der Waals surface area contributed by atoms with E-state index >= 15 is 0 Å². The maximum Gasteiger partial charge on any atom is 0.491 e. The molecule has 0 fully saturated rings. The van der Waals surface area contributed by atoms with Crippen LogP contribution in [-0.4, -0.2) is 32.8 Å². The van der Waals surface area contributed by atoms with E-state index in [9.17, 15) is 9.82 Å². The van der Waals surface area contributed by atoms with Crippen LogP contribution in [0.15, 0.2) is 18.2 Å². The van der Waals surface area contributed by atoms with Crippen LogP contribution in [0.5, 0.6) is 0 Å². The van der Waals surface area contributed by atoms with E-state index in [0.29, 0.717) is 24.2 Å². The molecule has 1 heterocycles. The lowest BCUT2D eigenvalue weighted by Gasteiger charge is -2.15. The Balaban J connectivity index is 1.89. The first-order valence-corrected chi connectivity index (χ1v) is 10.7. The number of hydrogen-bond acceptors (Lipinski definition) is 4. The van der Waals surface area contributed by atoms with Gasteiger partial charge in [0.2, 0.25) is 0 Å². The first-order chi connectivity index (χ1) is 9.37. The molecule has 1 aromatic carbocycles. The third kappa shape index (κ3) is 3.94. The van der Waals surface area contributed by atoms with E-state index in [0.717, 1.165) is 18.0 Å². The summed E-state index contributed by atoms with van der Waals surface area (Å²) in [6.07, 6.45) is 0.915. The molecule has 1 aromatic rings. The summed E-state index contributed by atoms with van der Waals surface area (Å²) in [5.41, 5.74) is 2.07. The Labute approximate surface area is 121 Å². The van der Waals surface area contributed by atoms with Crippen molar-refractivity contribution in [3.05, 3.63) is 29.3 Å².